The van der Waals surface area contributed by atoms with Crippen LogP contribution in [0, 0.1) is 5.82 Å². The van der Waals surface area contributed by atoms with Gasteiger partial charge in [-0.2, -0.15) is 0 Å². The number of H-pyrrole nitrogens is 1. The van der Waals surface area contributed by atoms with Gasteiger partial charge in [0.05, 0.1) is 0 Å². The summed E-state index contributed by atoms with van der Waals surface area (Å²) in [5.41, 5.74) is 6.23. The van der Waals surface area contributed by atoms with E-state index in [-0.39, 0.29) is 5.82 Å². The molecular weight excluding hydrogens is 201 g/mol. The first-order valence-electron chi connectivity index (χ1n) is 3.98. The number of benzene rings is 1. The third-order valence-electron chi connectivity index (χ3n) is 1.66. The maximum atomic E-state index is 12.9. The molecule has 0 atom stereocenters. The molecule has 0 radical (unpaired) electrons. The molecule has 1 heterocycles. The number of nitrogen functional groups attached to an aromatic ring is 1. The van der Waals surface area contributed by atoms with Crippen LogP contribution in [-0.4, -0.2) is 9.97 Å². The minimum absolute atomic E-state index is 0.298. The molecule has 0 unspecified atom stereocenters. The maximum absolute atomic E-state index is 12.9. The Morgan fingerprint density at radius 2 is 2.29 bits per heavy atom. The van der Waals surface area contributed by atoms with Gasteiger partial charge in [-0.25, -0.2) is 9.37 Å². The summed E-state index contributed by atoms with van der Waals surface area (Å²) in [6, 6.07) is 4.27. The second-order valence-electron chi connectivity index (χ2n) is 2.68. The lowest BCUT2D eigenvalue weighted by Gasteiger charge is -2.02. The zero-order valence-electron chi connectivity index (χ0n) is 7.20. The molecule has 0 bridgehead atoms. The van der Waals surface area contributed by atoms with Crippen LogP contribution >= 0.6 is 11.8 Å². The van der Waals surface area contributed by atoms with Crippen molar-refractivity contribution in [3.63, 3.8) is 0 Å². The molecule has 72 valence electrons. The van der Waals surface area contributed by atoms with Gasteiger partial charge in [0.1, 0.15) is 5.82 Å². The maximum Gasteiger partial charge on any atom is 0.170 e. The van der Waals surface area contributed by atoms with Gasteiger partial charge < -0.3 is 10.7 Å². The number of aromatic amines is 1. The average molecular weight is 209 g/mol. The molecule has 3 nitrogen and oxygen atoms in total. The number of nitrogens with two attached hydrogens (primary N) is 1. The van der Waals surface area contributed by atoms with Crippen LogP contribution in [-0.2, 0) is 0 Å². The van der Waals surface area contributed by atoms with Crippen molar-refractivity contribution in [2.24, 2.45) is 0 Å². The van der Waals surface area contributed by atoms with Crippen LogP contribution < -0.4 is 5.73 Å². The van der Waals surface area contributed by atoms with E-state index in [1.54, 1.807) is 18.5 Å². The molecule has 0 aliphatic carbocycles. The van der Waals surface area contributed by atoms with Crippen LogP contribution in [0.4, 0.5) is 10.1 Å². The molecule has 5 heteroatoms. The molecule has 2 rings (SSSR count). The standard InChI is InChI=1S/C9H8FN3S/c10-6-1-2-7(11)8(5-6)14-9-12-3-4-13-9/h1-5H,11H2,(H,12,13). The predicted molar refractivity (Wildman–Crippen MR) is 53.5 cm³/mol. The highest BCUT2D eigenvalue weighted by Crippen LogP contribution is 2.29. The van der Waals surface area contributed by atoms with Crippen LogP contribution in [0.25, 0.3) is 0 Å². The smallest absolute Gasteiger partial charge is 0.170 e. The van der Waals surface area contributed by atoms with Gasteiger partial charge >= 0.3 is 0 Å². The molecule has 0 saturated heterocycles. The van der Waals surface area contributed by atoms with Crippen LogP contribution in [0.2, 0.25) is 0 Å². The second-order valence-corrected chi connectivity index (χ2v) is 3.71. The minimum atomic E-state index is -0.298. The van der Waals surface area contributed by atoms with Crippen molar-refractivity contribution in [1.82, 2.24) is 9.97 Å². The molecule has 0 aliphatic rings. The lowest BCUT2D eigenvalue weighted by Crippen LogP contribution is -1.89. The van der Waals surface area contributed by atoms with E-state index in [2.05, 4.69) is 9.97 Å². The Balaban J connectivity index is 2.28. The molecule has 0 saturated carbocycles. The van der Waals surface area contributed by atoms with Crippen molar-refractivity contribution in [2.45, 2.75) is 10.1 Å². The monoisotopic (exact) mass is 209 g/mol. The van der Waals surface area contributed by atoms with Crippen molar-refractivity contribution in [3.05, 3.63) is 36.4 Å². The van der Waals surface area contributed by atoms with Gasteiger partial charge in [0.25, 0.3) is 0 Å². The number of hydrogen-bond acceptors (Lipinski definition) is 3. The zero-order chi connectivity index (χ0) is 9.97. The van der Waals surface area contributed by atoms with Gasteiger partial charge in [0.2, 0.25) is 0 Å². The number of rotatable bonds is 2. The van der Waals surface area contributed by atoms with Crippen molar-refractivity contribution < 1.29 is 4.39 Å². The van der Waals surface area contributed by atoms with Crippen molar-refractivity contribution in [3.8, 4) is 0 Å². The molecule has 2 aromatic rings. The Bertz CT molecular complexity index is 428. The van der Waals surface area contributed by atoms with E-state index in [4.69, 9.17) is 5.73 Å². The lowest BCUT2D eigenvalue weighted by molar-refractivity contribution is 0.624. The fourth-order valence-corrected chi connectivity index (χ4v) is 1.81. The van der Waals surface area contributed by atoms with Crippen LogP contribution in [0.5, 0.6) is 0 Å². The summed E-state index contributed by atoms with van der Waals surface area (Å²) in [5.74, 6) is -0.298. The van der Waals surface area contributed by atoms with E-state index in [0.717, 1.165) is 0 Å². The van der Waals surface area contributed by atoms with Gasteiger partial charge in [-0.05, 0) is 30.0 Å². The van der Waals surface area contributed by atoms with Gasteiger partial charge in [0.15, 0.2) is 5.16 Å². The third-order valence-corrected chi connectivity index (χ3v) is 2.65. The Morgan fingerprint density at radius 1 is 1.43 bits per heavy atom. The topological polar surface area (TPSA) is 54.7 Å². The highest BCUT2D eigenvalue weighted by atomic mass is 32.2. The highest BCUT2D eigenvalue weighted by Gasteiger charge is 2.04. The summed E-state index contributed by atoms with van der Waals surface area (Å²) in [5, 5.41) is 0.697. The number of hydrogen-bond donors (Lipinski definition) is 2. The SMILES string of the molecule is Nc1ccc(F)cc1Sc1ncc[nH]1. The molecule has 14 heavy (non-hydrogen) atoms. The number of halogens is 1. The Labute approximate surface area is 84.5 Å². The molecule has 0 spiro atoms. The number of aromatic nitrogens is 2. The van der Waals surface area contributed by atoms with E-state index in [1.807, 2.05) is 0 Å². The number of imidazole rings is 1. The fraction of sp³-hybridized carbons (Fsp3) is 0. The first-order chi connectivity index (χ1) is 6.75. The minimum Gasteiger partial charge on any atom is -0.398 e. The van der Waals surface area contributed by atoms with Gasteiger partial charge in [0, 0.05) is 23.0 Å². The average Bonchev–Trinajstić information content (AvgIpc) is 2.64. The normalized spacial score (nSPS) is 10.4. The molecule has 0 aliphatic heterocycles. The van der Waals surface area contributed by atoms with E-state index >= 15 is 0 Å². The zero-order valence-corrected chi connectivity index (χ0v) is 8.01. The number of nitrogens with one attached hydrogen (secondary N) is 1. The molecule has 3 N–H and O–H groups in total. The number of anilines is 1. The molecule has 0 fully saturated rings. The second kappa shape index (κ2) is 3.71. The summed E-state index contributed by atoms with van der Waals surface area (Å²) >= 11 is 1.30. The Morgan fingerprint density at radius 3 is 3.00 bits per heavy atom. The van der Waals surface area contributed by atoms with E-state index in [1.165, 1.54) is 23.9 Å². The Hall–Kier alpha value is -1.49. The largest absolute Gasteiger partial charge is 0.398 e. The van der Waals surface area contributed by atoms with Crippen molar-refractivity contribution >= 4 is 17.4 Å². The Kier molecular flexibility index (Phi) is 2.41. The predicted octanol–water partition coefficient (Wildman–Crippen LogP) is 2.28. The number of nitrogens with zero attached hydrogens (tertiary/aromatic N) is 1. The molecule has 1 aromatic heterocycles. The molecular formula is C9H8FN3S. The van der Waals surface area contributed by atoms with Crippen molar-refractivity contribution in [1.29, 1.82) is 0 Å². The van der Waals surface area contributed by atoms with Crippen molar-refractivity contribution in [2.75, 3.05) is 5.73 Å². The summed E-state index contributed by atoms with van der Waals surface area (Å²) < 4.78 is 12.9. The molecule has 0 amide bonds. The summed E-state index contributed by atoms with van der Waals surface area (Å²) in [6.45, 7) is 0. The molecule has 1 aromatic carbocycles. The highest BCUT2D eigenvalue weighted by molar-refractivity contribution is 7.99. The first-order valence-corrected chi connectivity index (χ1v) is 4.79. The van der Waals surface area contributed by atoms with E-state index < -0.39 is 0 Å². The van der Waals surface area contributed by atoms with Gasteiger partial charge in [-0.3, -0.25) is 0 Å². The van der Waals surface area contributed by atoms with Crippen LogP contribution in [0.1, 0.15) is 0 Å². The van der Waals surface area contributed by atoms with Crippen LogP contribution in [0.15, 0.2) is 40.6 Å². The quantitative estimate of drug-likeness (QED) is 0.746. The third kappa shape index (κ3) is 1.88. The van der Waals surface area contributed by atoms with E-state index in [0.29, 0.717) is 15.7 Å². The summed E-state index contributed by atoms with van der Waals surface area (Å²) in [6.07, 6.45) is 3.34. The van der Waals surface area contributed by atoms with E-state index in [9.17, 15) is 4.39 Å². The summed E-state index contributed by atoms with van der Waals surface area (Å²) in [4.78, 5) is 7.58. The van der Waals surface area contributed by atoms with Gasteiger partial charge in [-0.15, -0.1) is 0 Å². The summed E-state index contributed by atoms with van der Waals surface area (Å²) in [7, 11) is 0. The van der Waals surface area contributed by atoms with Crippen LogP contribution in [0.3, 0.4) is 0 Å². The van der Waals surface area contributed by atoms with Gasteiger partial charge in [-0.1, -0.05) is 0 Å². The first kappa shape index (κ1) is 9.08. The fourth-order valence-electron chi connectivity index (χ4n) is 1.01. The lowest BCUT2D eigenvalue weighted by atomic mass is 10.3.